The minimum atomic E-state index is -1.72. The number of carbonyl (C=O) groups is 3. The topological polar surface area (TPSA) is 69.7 Å². The maximum Gasteiger partial charge on any atom is 0.342 e. The van der Waals surface area contributed by atoms with Gasteiger partial charge in [-0.2, -0.15) is 0 Å². The predicted molar refractivity (Wildman–Crippen MR) is 131 cm³/mol. The molecule has 0 fully saturated rings. The molecule has 0 aliphatic rings. The monoisotopic (exact) mass is 690 g/mol. The van der Waals surface area contributed by atoms with E-state index in [0.717, 1.165) is 4.47 Å². The van der Waals surface area contributed by atoms with Gasteiger partial charge < -0.3 is 9.47 Å². The lowest BCUT2D eigenvalue weighted by atomic mass is 10.1. The Morgan fingerprint density at radius 1 is 0.700 bits per heavy atom. The van der Waals surface area contributed by atoms with Gasteiger partial charge in [-0.1, -0.05) is 40.2 Å². The van der Waals surface area contributed by atoms with Gasteiger partial charge >= 0.3 is 18.2 Å². The summed E-state index contributed by atoms with van der Waals surface area (Å²) in [5, 5.41) is 0. The minimum absolute atomic E-state index is 0.245. The molecule has 0 unspecified atom stereocenters. The molecule has 8 heteroatoms. The van der Waals surface area contributed by atoms with Gasteiger partial charge in [-0.3, -0.25) is 4.79 Å². The zero-order valence-electron chi connectivity index (χ0n) is 15.2. The largest absolute Gasteiger partial charge is 0.413 e. The Hall–Kier alpha value is -1.79. The van der Waals surface area contributed by atoms with Crippen LogP contribution in [0, 0.1) is 7.14 Å². The second-order valence-corrected chi connectivity index (χ2v) is 9.21. The van der Waals surface area contributed by atoms with Crippen LogP contribution in [0.1, 0.15) is 31.1 Å². The van der Waals surface area contributed by atoms with Crippen LogP contribution in [0.15, 0.2) is 77.3 Å². The van der Waals surface area contributed by atoms with Crippen molar-refractivity contribution in [1.29, 1.82) is 0 Å². The van der Waals surface area contributed by atoms with Gasteiger partial charge in [-0.15, -0.1) is 0 Å². The number of benzene rings is 3. The average Bonchev–Trinajstić information content (AvgIpc) is 2.73. The summed E-state index contributed by atoms with van der Waals surface area (Å²) in [7, 11) is 0. The summed E-state index contributed by atoms with van der Waals surface area (Å²) in [6.07, 6.45) is -1.72. The highest BCUT2D eigenvalue weighted by Crippen LogP contribution is 2.19. The average molecular weight is 691 g/mol. The molecular weight excluding hydrogens is 678 g/mol. The van der Waals surface area contributed by atoms with Crippen molar-refractivity contribution in [2.45, 2.75) is 6.29 Å². The van der Waals surface area contributed by atoms with E-state index in [9.17, 15) is 14.4 Å². The molecule has 0 amide bonds. The molecule has 3 aromatic rings. The van der Waals surface area contributed by atoms with Gasteiger partial charge in [0, 0.05) is 17.2 Å². The fourth-order valence-corrected chi connectivity index (χ4v) is 3.94. The van der Waals surface area contributed by atoms with E-state index in [4.69, 9.17) is 9.47 Å². The zero-order chi connectivity index (χ0) is 21.7. The molecule has 0 spiro atoms. The number of halogens is 3. The Labute approximate surface area is 208 Å². The zero-order valence-corrected chi connectivity index (χ0v) is 21.1. The van der Waals surface area contributed by atoms with Crippen molar-refractivity contribution in [3.63, 3.8) is 0 Å². The predicted octanol–water partition coefficient (Wildman–Crippen LogP) is 5.88. The molecule has 0 heterocycles. The van der Waals surface area contributed by atoms with Gasteiger partial charge in [-0.05, 0) is 93.7 Å². The number of carbonyl (C=O) groups excluding carboxylic acids is 3. The van der Waals surface area contributed by atoms with Crippen LogP contribution in [0.4, 0.5) is 0 Å². The first-order chi connectivity index (χ1) is 14.4. The molecule has 0 aliphatic carbocycles. The quantitative estimate of drug-likeness (QED) is 0.140. The maximum atomic E-state index is 13.0. The summed E-state index contributed by atoms with van der Waals surface area (Å²) in [6, 6.07) is 20.0. The molecular formula is C22H13BrI2O5. The molecule has 30 heavy (non-hydrogen) atoms. The van der Waals surface area contributed by atoms with E-state index in [1.54, 1.807) is 72.8 Å². The highest BCUT2D eigenvalue weighted by molar-refractivity contribution is 14.1. The first kappa shape index (κ1) is 22.9. The van der Waals surface area contributed by atoms with Gasteiger partial charge in [0.05, 0.1) is 11.1 Å². The van der Waals surface area contributed by atoms with Crippen LogP contribution in [0.5, 0.6) is 0 Å². The van der Waals surface area contributed by atoms with Crippen molar-refractivity contribution < 1.29 is 23.9 Å². The Morgan fingerprint density at radius 3 is 1.57 bits per heavy atom. The van der Waals surface area contributed by atoms with Crippen molar-refractivity contribution in [2.24, 2.45) is 0 Å². The summed E-state index contributed by atoms with van der Waals surface area (Å²) in [5.74, 6) is -2.15. The van der Waals surface area contributed by atoms with Crippen LogP contribution in [0.25, 0.3) is 0 Å². The molecule has 3 aromatic carbocycles. The van der Waals surface area contributed by atoms with Crippen LogP contribution < -0.4 is 0 Å². The third-order valence-corrected chi connectivity index (χ3v) is 6.37. The number of hydrogen-bond donors (Lipinski definition) is 0. The van der Waals surface area contributed by atoms with Crippen molar-refractivity contribution in [3.05, 3.63) is 101 Å². The molecule has 152 valence electrons. The van der Waals surface area contributed by atoms with Gasteiger partial charge in [0.2, 0.25) is 5.78 Å². The molecule has 0 aromatic heterocycles. The first-order valence-corrected chi connectivity index (χ1v) is 11.5. The number of Topliss-reactive ketones (excluding diaryl/α,β-unsaturated/α-hetero) is 1. The molecule has 5 nitrogen and oxygen atoms in total. The van der Waals surface area contributed by atoms with Crippen LogP contribution >= 0.6 is 61.1 Å². The third kappa shape index (κ3) is 5.67. The van der Waals surface area contributed by atoms with E-state index < -0.39 is 24.0 Å². The van der Waals surface area contributed by atoms with Crippen LogP contribution in [0.3, 0.4) is 0 Å². The van der Waals surface area contributed by atoms with Crippen molar-refractivity contribution in [2.75, 3.05) is 0 Å². The fourth-order valence-electron chi connectivity index (χ4n) is 2.46. The SMILES string of the molecule is O=C(OC(OC(=O)c1ccccc1I)C(=O)c1ccc(Br)cc1)c1ccccc1I. The first-order valence-electron chi connectivity index (χ1n) is 8.57. The lowest BCUT2D eigenvalue weighted by Gasteiger charge is -2.18. The van der Waals surface area contributed by atoms with Crippen molar-refractivity contribution in [3.8, 4) is 0 Å². The summed E-state index contributed by atoms with van der Waals surface area (Å²) >= 11 is 7.29. The summed E-state index contributed by atoms with van der Waals surface area (Å²) in [5.41, 5.74) is 0.795. The number of ether oxygens (including phenoxy) is 2. The minimum Gasteiger partial charge on any atom is -0.413 e. The lowest BCUT2D eigenvalue weighted by molar-refractivity contribution is -0.0615. The smallest absolute Gasteiger partial charge is 0.342 e. The number of esters is 2. The van der Waals surface area contributed by atoms with Gasteiger partial charge in [0.1, 0.15) is 0 Å². The molecule has 0 aliphatic heterocycles. The lowest BCUT2D eigenvalue weighted by Crippen LogP contribution is -2.33. The Balaban J connectivity index is 1.89. The van der Waals surface area contributed by atoms with Crippen LogP contribution in [-0.4, -0.2) is 24.0 Å². The second kappa shape index (κ2) is 10.5. The molecule has 0 bridgehead atoms. The van der Waals surface area contributed by atoms with Gasteiger partial charge in [0.15, 0.2) is 0 Å². The third-order valence-electron chi connectivity index (χ3n) is 3.96. The fraction of sp³-hybridized carbons (Fsp3) is 0.0455. The molecule has 0 saturated carbocycles. The van der Waals surface area contributed by atoms with Crippen molar-refractivity contribution >= 4 is 78.8 Å². The summed E-state index contributed by atoms with van der Waals surface area (Å²) in [6.45, 7) is 0. The van der Waals surface area contributed by atoms with E-state index in [1.165, 1.54) is 0 Å². The maximum absolute atomic E-state index is 13.0. The van der Waals surface area contributed by atoms with Crippen molar-refractivity contribution in [1.82, 2.24) is 0 Å². The standard InChI is InChI=1S/C22H13BrI2O5/c23-14-11-9-13(10-12-14)19(26)22(29-20(27)15-5-1-3-7-17(15)24)30-21(28)16-6-2-4-8-18(16)25/h1-12,22H. The Bertz CT molecular complexity index is 1040. The normalized spacial score (nSPS) is 10.5. The molecule has 0 atom stereocenters. The molecule has 0 radical (unpaired) electrons. The van der Waals surface area contributed by atoms with E-state index in [-0.39, 0.29) is 16.7 Å². The molecule has 3 rings (SSSR count). The highest BCUT2D eigenvalue weighted by Gasteiger charge is 2.30. The highest BCUT2D eigenvalue weighted by atomic mass is 127. The Morgan fingerprint density at radius 2 is 1.13 bits per heavy atom. The molecule has 0 N–H and O–H groups in total. The van der Waals surface area contributed by atoms with E-state index in [0.29, 0.717) is 7.14 Å². The van der Waals surface area contributed by atoms with E-state index >= 15 is 0 Å². The summed E-state index contributed by atoms with van der Waals surface area (Å²) in [4.78, 5) is 38.3. The number of ketones is 1. The summed E-state index contributed by atoms with van der Waals surface area (Å²) < 4.78 is 12.8. The van der Waals surface area contributed by atoms with E-state index in [1.807, 2.05) is 45.2 Å². The van der Waals surface area contributed by atoms with E-state index in [2.05, 4.69) is 15.9 Å². The number of hydrogen-bond acceptors (Lipinski definition) is 5. The number of rotatable bonds is 6. The van der Waals surface area contributed by atoms with Crippen LogP contribution in [-0.2, 0) is 9.47 Å². The van der Waals surface area contributed by atoms with Gasteiger partial charge in [-0.25, -0.2) is 9.59 Å². The van der Waals surface area contributed by atoms with Crippen LogP contribution in [0.2, 0.25) is 0 Å². The second-order valence-electron chi connectivity index (χ2n) is 5.97. The Kier molecular flexibility index (Phi) is 8.00. The van der Waals surface area contributed by atoms with Gasteiger partial charge in [0.25, 0.3) is 0 Å². The molecule has 0 saturated heterocycles.